The first-order valence-electron chi connectivity index (χ1n) is 7.28. The lowest BCUT2D eigenvalue weighted by molar-refractivity contribution is -0.151. The maximum absolute atomic E-state index is 12.1. The molecule has 1 amide bonds. The van der Waals surface area contributed by atoms with Gasteiger partial charge in [0.15, 0.2) is 0 Å². The van der Waals surface area contributed by atoms with E-state index in [1.54, 1.807) is 11.0 Å². The molecule has 2 heterocycles. The van der Waals surface area contributed by atoms with Crippen molar-refractivity contribution in [3.8, 4) is 0 Å². The summed E-state index contributed by atoms with van der Waals surface area (Å²) in [5.74, 6) is -0.364. The number of piperidine rings is 1. The molecule has 1 aliphatic rings. The molecule has 0 unspecified atom stereocenters. The quantitative estimate of drug-likeness (QED) is 0.590. The number of likely N-dealkylation sites (tertiary alicyclic amines) is 1. The van der Waals surface area contributed by atoms with Gasteiger partial charge in [0.05, 0.1) is 24.4 Å². The minimum Gasteiger partial charge on any atom is -0.472 e. The summed E-state index contributed by atoms with van der Waals surface area (Å²) in [6, 6.07) is 1.65. The Morgan fingerprint density at radius 1 is 1.33 bits per heavy atom. The van der Waals surface area contributed by atoms with Gasteiger partial charge in [-0.3, -0.25) is 9.59 Å². The predicted octanol–water partition coefficient (Wildman–Crippen LogP) is 1.71. The lowest BCUT2D eigenvalue weighted by Crippen LogP contribution is -2.40. The van der Waals surface area contributed by atoms with E-state index in [2.05, 4.69) is 0 Å². The Balaban J connectivity index is 1.72. The molecular weight excluding hydrogens is 274 g/mol. The van der Waals surface area contributed by atoms with Crippen LogP contribution >= 0.6 is 0 Å². The molecule has 21 heavy (non-hydrogen) atoms. The maximum Gasteiger partial charge on any atom is 0.309 e. The third-order valence-electron chi connectivity index (χ3n) is 3.56. The van der Waals surface area contributed by atoms with E-state index in [0.29, 0.717) is 51.3 Å². The number of nitrogens with zero attached hydrogens (tertiary/aromatic N) is 1. The first kappa shape index (κ1) is 15.6. The van der Waals surface area contributed by atoms with Crippen molar-refractivity contribution in [2.24, 2.45) is 5.92 Å². The van der Waals surface area contributed by atoms with Gasteiger partial charge in [-0.05, 0) is 25.8 Å². The third-order valence-corrected chi connectivity index (χ3v) is 3.56. The normalized spacial score (nSPS) is 16.0. The van der Waals surface area contributed by atoms with E-state index >= 15 is 0 Å². The molecule has 1 fully saturated rings. The second kappa shape index (κ2) is 7.83. The SMILES string of the molecule is CCOCCOC(=O)C1CCN(C(=O)c2ccoc2)CC1. The summed E-state index contributed by atoms with van der Waals surface area (Å²) in [5, 5.41) is 0. The second-order valence-corrected chi connectivity index (χ2v) is 4.94. The highest BCUT2D eigenvalue weighted by Crippen LogP contribution is 2.20. The molecule has 6 nitrogen and oxygen atoms in total. The van der Waals surface area contributed by atoms with Gasteiger partial charge in [0.2, 0.25) is 0 Å². The zero-order chi connectivity index (χ0) is 15.1. The highest BCUT2D eigenvalue weighted by Gasteiger charge is 2.28. The zero-order valence-corrected chi connectivity index (χ0v) is 12.2. The van der Waals surface area contributed by atoms with Crippen LogP contribution in [0.3, 0.4) is 0 Å². The highest BCUT2D eigenvalue weighted by molar-refractivity contribution is 5.94. The Bertz CT molecular complexity index is 449. The molecule has 0 spiro atoms. The van der Waals surface area contributed by atoms with E-state index in [-0.39, 0.29) is 17.8 Å². The van der Waals surface area contributed by atoms with Crippen molar-refractivity contribution in [2.75, 3.05) is 32.9 Å². The smallest absolute Gasteiger partial charge is 0.309 e. The number of carbonyl (C=O) groups is 2. The van der Waals surface area contributed by atoms with E-state index < -0.39 is 0 Å². The van der Waals surface area contributed by atoms with E-state index in [4.69, 9.17) is 13.9 Å². The first-order valence-corrected chi connectivity index (χ1v) is 7.28. The maximum atomic E-state index is 12.1. The number of furan rings is 1. The monoisotopic (exact) mass is 295 g/mol. The summed E-state index contributed by atoms with van der Waals surface area (Å²) in [7, 11) is 0. The number of ether oxygens (including phenoxy) is 2. The van der Waals surface area contributed by atoms with Crippen LogP contribution in [-0.4, -0.2) is 49.7 Å². The highest BCUT2D eigenvalue weighted by atomic mass is 16.6. The lowest BCUT2D eigenvalue weighted by Gasteiger charge is -2.30. The van der Waals surface area contributed by atoms with Gasteiger partial charge in [0, 0.05) is 19.7 Å². The molecule has 0 saturated carbocycles. The number of hydrogen-bond donors (Lipinski definition) is 0. The summed E-state index contributed by atoms with van der Waals surface area (Å²) < 4.78 is 15.2. The van der Waals surface area contributed by atoms with Crippen LogP contribution in [0, 0.1) is 5.92 Å². The standard InChI is InChI=1S/C15H21NO5/c1-2-19-9-10-21-15(18)12-3-6-16(7-4-12)14(17)13-5-8-20-11-13/h5,8,11-12H,2-4,6-7,9-10H2,1H3. The summed E-state index contributed by atoms with van der Waals surface area (Å²) >= 11 is 0. The summed E-state index contributed by atoms with van der Waals surface area (Å²) in [4.78, 5) is 25.7. The van der Waals surface area contributed by atoms with Gasteiger partial charge < -0.3 is 18.8 Å². The van der Waals surface area contributed by atoms with Crippen molar-refractivity contribution < 1.29 is 23.5 Å². The third kappa shape index (κ3) is 4.32. The molecule has 2 rings (SSSR count). The average Bonchev–Trinajstić information content (AvgIpc) is 3.05. The molecule has 116 valence electrons. The number of rotatable bonds is 6. The minimum atomic E-state index is -0.190. The number of hydrogen-bond acceptors (Lipinski definition) is 5. The van der Waals surface area contributed by atoms with Gasteiger partial charge in [-0.15, -0.1) is 0 Å². The van der Waals surface area contributed by atoms with E-state index in [1.165, 1.54) is 12.5 Å². The Labute approximate surface area is 124 Å². The van der Waals surface area contributed by atoms with Gasteiger partial charge in [-0.1, -0.05) is 0 Å². The van der Waals surface area contributed by atoms with Gasteiger partial charge in [-0.25, -0.2) is 0 Å². The van der Waals surface area contributed by atoms with E-state index in [0.717, 1.165) is 0 Å². The molecule has 0 aromatic carbocycles. The molecule has 0 aliphatic carbocycles. The van der Waals surface area contributed by atoms with Crippen molar-refractivity contribution in [1.82, 2.24) is 4.90 Å². The van der Waals surface area contributed by atoms with Gasteiger partial charge in [0.1, 0.15) is 12.9 Å². The van der Waals surface area contributed by atoms with Crippen LogP contribution in [0.15, 0.2) is 23.0 Å². The molecular formula is C15H21NO5. The molecule has 0 N–H and O–H groups in total. The van der Waals surface area contributed by atoms with Crippen molar-refractivity contribution >= 4 is 11.9 Å². The fourth-order valence-corrected chi connectivity index (χ4v) is 2.35. The largest absolute Gasteiger partial charge is 0.472 e. The van der Waals surface area contributed by atoms with Crippen LogP contribution in [0.25, 0.3) is 0 Å². The van der Waals surface area contributed by atoms with Gasteiger partial charge in [0.25, 0.3) is 5.91 Å². The Morgan fingerprint density at radius 3 is 2.71 bits per heavy atom. The molecule has 0 radical (unpaired) electrons. The van der Waals surface area contributed by atoms with Crippen LogP contribution in [0.1, 0.15) is 30.1 Å². The summed E-state index contributed by atoms with van der Waals surface area (Å²) in [5.41, 5.74) is 0.549. The van der Waals surface area contributed by atoms with Crippen molar-refractivity contribution in [1.29, 1.82) is 0 Å². The second-order valence-electron chi connectivity index (χ2n) is 4.94. The van der Waals surface area contributed by atoms with Crippen LogP contribution in [-0.2, 0) is 14.3 Å². The van der Waals surface area contributed by atoms with Crippen LogP contribution in [0.5, 0.6) is 0 Å². The molecule has 1 aromatic rings. The van der Waals surface area contributed by atoms with Gasteiger partial charge in [-0.2, -0.15) is 0 Å². The molecule has 1 aromatic heterocycles. The molecule has 6 heteroatoms. The number of esters is 1. The molecule has 1 aliphatic heterocycles. The topological polar surface area (TPSA) is 69.0 Å². The van der Waals surface area contributed by atoms with Gasteiger partial charge >= 0.3 is 5.97 Å². The van der Waals surface area contributed by atoms with Crippen molar-refractivity contribution in [2.45, 2.75) is 19.8 Å². The van der Waals surface area contributed by atoms with Crippen LogP contribution < -0.4 is 0 Å². The van der Waals surface area contributed by atoms with Crippen LogP contribution in [0.2, 0.25) is 0 Å². The number of amides is 1. The zero-order valence-electron chi connectivity index (χ0n) is 12.2. The minimum absolute atomic E-state index is 0.0492. The van der Waals surface area contributed by atoms with E-state index in [1.807, 2.05) is 6.92 Å². The lowest BCUT2D eigenvalue weighted by atomic mass is 9.96. The first-order chi connectivity index (χ1) is 10.2. The summed E-state index contributed by atoms with van der Waals surface area (Å²) in [6.07, 6.45) is 4.19. The average molecular weight is 295 g/mol. The molecule has 1 saturated heterocycles. The molecule has 0 bridgehead atoms. The Hall–Kier alpha value is -1.82. The predicted molar refractivity (Wildman–Crippen MR) is 74.8 cm³/mol. The molecule has 0 atom stereocenters. The Morgan fingerprint density at radius 2 is 2.10 bits per heavy atom. The van der Waals surface area contributed by atoms with Crippen LogP contribution in [0.4, 0.5) is 0 Å². The van der Waals surface area contributed by atoms with Crippen molar-refractivity contribution in [3.63, 3.8) is 0 Å². The summed E-state index contributed by atoms with van der Waals surface area (Å²) in [6.45, 7) is 4.37. The van der Waals surface area contributed by atoms with E-state index in [9.17, 15) is 9.59 Å². The fraction of sp³-hybridized carbons (Fsp3) is 0.600. The fourth-order valence-electron chi connectivity index (χ4n) is 2.35. The van der Waals surface area contributed by atoms with Crippen molar-refractivity contribution in [3.05, 3.63) is 24.2 Å². The number of carbonyl (C=O) groups excluding carboxylic acids is 2. The Kier molecular flexibility index (Phi) is 5.80.